The van der Waals surface area contributed by atoms with Crippen LogP contribution in [0.3, 0.4) is 0 Å². The van der Waals surface area contributed by atoms with E-state index in [2.05, 4.69) is 0 Å². The lowest BCUT2D eigenvalue weighted by Crippen LogP contribution is -2.14. The lowest BCUT2D eigenvalue weighted by Gasteiger charge is -2.16. The number of carboxylic acids is 1. The highest BCUT2D eigenvalue weighted by atomic mass is 35.5. The number of rotatable bonds is 7. The minimum atomic E-state index is -0.885. The lowest BCUT2D eigenvalue weighted by molar-refractivity contribution is -0.138. The zero-order valence-corrected chi connectivity index (χ0v) is 13.9. The van der Waals surface area contributed by atoms with Gasteiger partial charge in [0.05, 0.1) is 24.0 Å². The fourth-order valence-electron chi connectivity index (χ4n) is 2.24. The molecule has 1 atom stereocenters. The highest BCUT2D eigenvalue weighted by Crippen LogP contribution is 2.36. The Morgan fingerprint density at radius 3 is 2.68 bits per heavy atom. The van der Waals surface area contributed by atoms with Crippen molar-refractivity contribution in [3.63, 3.8) is 0 Å². The van der Waals surface area contributed by atoms with Crippen LogP contribution < -0.4 is 9.47 Å². The maximum absolute atomic E-state index is 11.6. The summed E-state index contributed by atoms with van der Waals surface area (Å²) in [7, 11) is 1.56. The lowest BCUT2D eigenvalue weighted by atomic mass is 9.97. The fraction of sp³-hybridized carbons (Fsp3) is 0.312. The molecular weight excluding hydrogens is 324 g/mol. The average Bonchev–Trinajstić information content (AvgIpc) is 2.92. The van der Waals surface area contributed by atoms with Crippen molar-refractivity contribution in [3.8, 4) is 11.5 Å². The summed E-state index contributed by atoms with van der Waals surface area (Å²) in [6, 6.07) is 8.96. The van der Waals surface area contributed by atoms with E-state index in [0.29, 0.717) is 28.9 Å². The van der Waals surface area contributed by atoms with Crippen LogP contribution in [0.5, 0.6) is 11.5 Å². The van der Waals surface area contributed by atoms with Gasteiger partial charge >= 0.3 is 5.97 Å². The SMILES string of the molecule is CCOc1c(CC(C(=O)O)c2ccc(Cl)s2)cccc1OC. The normalized spacial score (nSPS) is 12.0. The first-order valence-electron chi connectivity index (χ1n) is 6.83. The number of halogens is 1. The highest BCUT2D eigenvalue weighted by molar-refractivity contribution is 7.16. The molecule has 118 valence electrons. The van der Waals surface area contributed by atoms with Crippen LogP contribution >= 0.6 is 22.9 Å². The Labute approximate surface area is 138 Å². The summed E-state index contributed by atoms with van der Waals surface area (Å²) < 4.78 is 11.5. The Morgan fingerprint density at radius 1 is 1.36 bits per heavy atom. The molecule has 4 nitrogen and oxygen atoms in total. The molecule has 0 spiro atoms. The van der Waals surface area contributed by atoms with Gasteiger partial charge in [-0.25, -0.2) is 0 Å². The molecule has 0 aliphatic rings. The number of ether oxygens (including phenoxy) is 2. The summed E-state index contributed by atoms with van der Waals surface area (Å²) in [4.78, 5) is 12.4. The molecule has 1 aromatic carbocycles. The largest absolute Gasteiger partial charge is 0.493 e. The van der Waals surface area contributed by atoms with E-state index in [0.717, 1.165) is 10.4 Å². The Kier molecular flexibility index (Phi) is 5.69. The molecule has 2 aromatic rings. The second-order valence-corrected chi connectivity index (χ2v) is 6.37. The standard InChI is InChI=1S/C16H17ClO4S/c1-3-21-15-10(5-4-6-12(15)20-2)9-11(16(18)19)13-7-8-14(17)22-13/h4-8,11H,3,9H2,1-2H3,(H,18,19). The third-order valence-corrected chi connectivity index (χ3v) is 4.57. The summed E-state index contributed by atoms with van der Waals surface area (Å²) in [6.45, 7) is 2.36. The van der Waals surface area contributed by atoms with E-state index >= 15 is 0 Å². The summed E-state index contributed by atoms with van der Waals surface area (Å²) in [5.74, 6) is -0.346. The van der Waals surface area contributed by atoms with Gasteiger partial charge in [-0.05, 0) is 37.1 Å². The van der Waals surface area contributed by atoms with E-state index in [4.69, 9.17) is 21.1 Å². The van der Waals surface area contributed by atoms with Crippen molar-refractivity contribution in [2.75, 3.05) is 13.7 Å². The van der Waals surface area contributed by atoms with E-state index in [9.17, 15) is 9.90 Å². The molecule has 0 saturated heterocycles. The first-order valence-corrected chi connectivity index (χ1v) is 8.03. The molecule has 2 rings (SSSR count). The Bertz CT molecular complexity index is 653. The molecule has 1 aromatic heterocycles. The van der Waals surface area contributed by atoms with Gasteiger partial charge in [-0.3, -0.25) is 4.79 Å². The van der Waals surface area contributed by atoms with Gasteiger partial charge in [0.15, 0.2) is 11.5 Å². The van der Waals surface area contributed by atoms with Crippen LogP contribution in [0.25, 0.3) is 0 Å². The van der Waals surface area contributed by atoms with Crippen molar-refractivity contribution < 1.29 is 19.4 Å². The van der Waals surface area contributed by atoms with Gasteiger partial charge in [0.2, 0.25) is 0 Å². The van der Waals surface area contributed by atoms with Crippen LogP contribution in [0, 0.1) is 0 Å². The van der Waals surface area contributed by atoms with Gasteiger partial charge in [-0.15, -0.1) is 11.3 Å². The molecule has 0 aliphatic carbocycles. The van der Waals surface area contributed by atoms with Crippen molar-refractivity contribution >= 4 is 28.9 Å². The maximum Gasteiger partial charge on any atom is 0.312 e. The fourth-order valence-corrected chi connectivity index (χ4v) is 3.39. The summed E-state index contributed by atoms with van der Waals surface area (Å²) >= 11 is 7.21. The number of carboxylic acid groups (broad SMARTS) is 1. The van der Waals surface area contributed by atoms with Crippen molar-refractivity contribution in [1.82, 2.24) is 0 Å². The molecule has 1 unspecified atom stereocenters. The van der Waals surface area contributed by atoms with Crippen molar-refractivity contribution in [1.29, 1.82) is 0 Å². The van der Waals surface area contributed by atoms with Crippen LogP contribution in [0.1, 0.15) is 23.3 Å². The van der Waals surface area contributed by atoms with Crippen LogP contribution in [0.4, 0.5) is 0 Å². The van der Waals surface area contributed by atoms with Gasteiger partial charge in [0, 0.05) is 4.88 Å². The summed E-state index contributed by atoms with van der Waals surface area (Å²) in [5, 5.41) is 9.54. The van der Waals surface area contributed by atoms with Crippen molar-refractivity contribution in [2.24, 2.45) is 0 Å². The predicted molar refractivity (Wildman–Crippen MR) is 87.6 cm³/mol. The van der Waals surface area contributed by atoms with Crippen LogP contribution in [-0.2, 0) is 11.2 Å². The quantitative estimate of drug-likeness (QED) is 0.819. The topological polar surface area (TPSA) is 55.8 Å². The molecule has 1 heterocycles. The second-order valence-electron chi connectivity index (χ2n) is 4.62. The van der Waals surface area contributed by atoms with Gasteiger partial charge < -0.3 is 14.6 Å². The van der Waals surface area contributed by atoms with Gasteiger partial charge in [0.1, 0.15) is 0 Å². The van der Waals surface area contributed by atoms with Gasteiger partial charge in [-0.1, -0.05) is 23.7 Å². The number of thiophene rings is 1. The van der Waals surface area contributed by atoms with Crippen molar-refractivity contribution in [2.45, 2.75) is 19.3 Å². The Morgan fingerprint density at radius 2 is 2.14 bits per heavy atom. The van der Waals surface area contributed by atoms with E-state index in [1.807, 2.05) is 19.1 Å². The van der Waals surface area contributed by atoms with E-state index in [1.54, 1.807) is 25.3 Å². The molecule has 1 N–H and O–H groups in total. The van der Waals surface area contributed by atoms with Crippen molar-refractivity contribution in [3.05, 3.63) is 45.1 Å². The number of methoxy groups -OCH3 is 1. The smallest absolute Gasteiger partial charge is 0.312 e. The van der Waals surface area contributed by atoms with E-state index < -0.39 is 11.9 Å². The average molecular weight is 341 g/mol. The van der Waals surface area contributed by atoms with Crippen LogP contribution in [0.2, 0.25) is 4.34 Å². The minimum absolute atomic E-state index is 0.318. The highest BCUT2D eigenvalue weighted by Gasteiger charge is 2.24. The Balaban J connectivity index is 2.36. The number of hydrogen-bond acceptors (Lipinski definition) is 4. The van der Waals surface area contributed by atoms with Crippen LogP contribution in [-0.4, -0.2) is 24.8 Å². The summed E-state index contributed by atoms with van der Waals surface area (Å²) in [6.07, 6.45) is 0.318. The monoisotopic (exact) mass is 340 g/mol. The molecule has 22 heavy (non-hydrogen) atoms. The zero-order chi connectivity index (χ0) is 16.1. The molecular formula is C16H17ClO4S. The number of aliphatic carboxylic acids is 1. The Hall–Kier alpha value is -1.72. The molecule has 0 radical (unpaired) electrons. The third kappa shape index (κ3) is 3.72. The number of para-hydroxylation sites is 1. The van der Waals surface area contributed by atoms with E-state index in [-0.39, 0.29) is 0 Å². The molecule has 0 aliphatic heterocycles. The first kappa shape index (κ1) is 16.6. The minimum Gasteiger partial charge on any atom is -0.493 e. The first-order chi connectivity index (χ1) is 10.6. The maximum atomic E-state index is 11.6. The van der Waals surface area contributed by atoms with Gasteiger partial charge in [-0.2, -0.15) is 0 Å². The number of benzene rings is 1. The molecule has 0 bridgehead atoms. The zero-order valence-electron chi connectivity index (χ0n) is 12.3. The molecule has 0 fully saturated rings. The van der Waals surface area contributed by atoms with Crippen LogP contribution in [0.15, 0.2) is 30.3 Å². The van der Waals surface area contributed by atoms with Gasteiger partial charge in [0.25, 0.3) is 0 Å². The molecule has 0 saturated carbocycles. The summed E-state index contributed by atoms with van der Waals surface area (Å²) in [5.41, 5.74) is 0.804. The second kappa shape index (κ2) is 7.51. The third-order valence-electron chi connectivity index (χ3n) is 3.23. The van der Waals surface area contributed by atoms with E-state index in [1.165, 1.54) is 11.3 Å². The molecule has 6 heteroatoms. The number of hydrogen-bond donors (Lipinski definition) is 1. The number of carbonyl (C=O) groups is 1. The predicted octanol–water partition coefficient (Wildman–Crippen LogP) is 4.22. The molecule has 0 amide bonds.